The first-order valence-electron chi connectivity index (χ1n) is 42.8. The molecular formula is C83H162O17P2. The smallest absolute Gasteiger partial charge is 0.462 e. The van der Waals surface area contributed by atoms with E-state index in [0.29, 0.717) is 31.6 Å². The van der Waals surface area contributed by atoms with Gasteiger partial charge in [0.15, 0.2) is 12.2 Å². The van der Waals surface area contributed by atoms with Crippen LogP contribution in [0.2, 0.25) is 0 Å². The third kappa shape index (κ3) is 76.3. The molecule has 0 saturated heterocycles. The van der Waals surface area contributed by atoms with E-state index in [0.717, 1.165) is 108 Å². The summed E-state index contributed by atoms with van der Waals surface area (Å²) in [7, 11) is -9.92. The van der Waals surface area contributed by atoms with Crippen molar-refractivity contribution in [3.63, 3.8) is 0 Å². The first-order valence-corrected chi connectivity index (χ1v) is 45.8. The number of unbranched alkanes of at least 4 members (excludes halogenated alkanes) is 49. The number of phosphoric acid groups is 2. The number of rotatable bonds is 81. The van der Waals surface area contributed by atoms with E-state index in [1.54, 1.807) is 0 Å². The summed E-state index contributed by atoms with van der Waals surface area (Å²) in [6.07, 6.45) is 62.7. The van der Waals surface area contributed by atoms with Gasteiger partial charge in [0.2, 0.25) is 0 Å². The molecule has 606 valence electrons. The van der Waals surface area contributed by atoms with Crippen molar-refractivity contribution in [2.24, 2.45) is 17.8 Å². The second-order valence-corrected chi connectivity index (χ2v) is 34.2. The van der Waals surface area contributed by atoms with Crippen LogP contribution in [0.3, 0.4) is 0 Å². The predicted molar refractivity (Wildman–Crippen MR) is 418 cm³/mol. The largest absolute Gasteiger partial charge is 0.472 e. The number of esters is 4. The highest BCUT2D eigenvalue weighted by Gasteiger charge is 2.30. The quantitative estimate of drug-likeness (QED) is 0.0222. The third-order valence-corrected chi connectivity index (χ3v) is 21.3. The molecule has 0 aliphatic rings. The van der Waals surface area contributed by atoms with E-state index in [2.05, 4.69) is 48.5 Å². The van der Waals surface area contributed by atoms with Crippen LogP contribution >= 0.6 is 15.6 Å². The van der Waals surface area contributed by atoms with Crippen molar-refractivity contribution < 1.29 is 80.2 Å². The molecule has 0 aromatic carbocycles. The molecule has 0 aliphatic heterocycles. The van der Waals surface area contributed by atoms with Crippen LogP contribution in [-0.2, 0) is 65.4 Å². The molecule has 0 aromatic heterocycles. The fourth-order valence-corrected chi connectivity index (χ4v) is 14.4. The van der Waals surface area contributed by atoms with Crippen LogP contribution in [0.25, 0.3) is 0 Å². The van der Waals surface area contributed by atoms with E-state index in [9.17, 15) is 43.2 Å². The predicted octanol–water partition coefficient (Wildman–Crippen LogP) is 24.9. The highest BCUT2D eigenvalue weighted by molar-refractivity contribution is 7.47. The van der Waals surface area contributed by atoms with Crippen molar-refractivity contribution in [1.82, 2.24) is 0 Å². The van der Waals surface area contributed by atoms with Crippen molar-refractivity contribution in [3.8, 4) is 0 Å². The van der Waals surface area contributed by atoms with Gasteiger partial charge < -0.3 is 33.8 Å². The van der Waals surface area contributed by atoms with Crippen LogP contribution in [0.1, 0.15) is 434 Å². The average Bonchev–Trinajstić information content (AvgIpc) is 0.914. The summed E-state index contributed by atoms with van der Waals surface area (Å²) in [6, 6.07) is 0. The highest BCUT2D eigenvalue weighted by atomic mass is 31.2. The number of phosphoric ester groups is 2. The molecule has 0 saturated carbocycles. The monoisotopic (exact) mass is 1490 g/mol. The van der Waals surface area contributed by atoms with Crippen LogP contribution in [0.4, 0.5) is 0 Å². The minimum atomic E-state index is -4.96. The van der Waals surface area contributed by atoms with Gasteiger partial charge in [-0.2, -0.15) is 0 Å². The van der Waals surface area contributed by atoms with Gasteiger partial charge >= 0.3 is 39.5 Å². The van der Waals surface area contributed by atoms with Gasteiger partial charge in [-0.05, 0) is 43.4 Å². The molecule has 0 amide bonds. The van der Waals surface area contributed by atoms with E-state index >= 15 is 0 Å². The molecule has 0 aromatic rings. The summed E-state index contributed by atoms with van der Waals surface area (Å²) in [5.74, 6) is 0.139. The zero-order valence-corrected chi connectivity index (χ0v) is 68.9. The van der Waals surface area contributed by atoms with Gasteiger partial charge in [0.25, 0.3) is 0 Å². The van der Waals surface area contributed by atoms with E-state index in [1.807, 2.05) is 0 Å². The van der Waals surface area contributed by atoms with Gasteiger partial charge in [0, 0.05) is 25.7 Å². The zero-order valence-electron chi connectivity index (χ0n) is 67.1. The Morgan fingerprint density at radius 1 is 0.265 bits per heavy atom. The number of ether oxygens (including phenoxy) is 4. The summed E-state index contributed by atoms with van der Waals surface area (Å²) in [6.45, 7) is 11.9. The molecule has 0 rings (SSSR count). The number of aliphatic hydroxyl groups excluding tert-OH is 1. The lowest BCUT2D eigenvalue weighted by molar-refractivity contribution is -0.161. The molecule has 17 nitrogen and oxygen atoms in total. The van der Waals surface area contributed by atoms with Gasteiger partial charge in [-0.3, -0.25) is 37.3 Å². The molecule has 0 spiro atoms. The topological polar surface area (TPSA) is 237 Å². The van der Waals surface area contributed by atoms with E-state index in [1.165, 1.54) is 238 Å². The normalized spacial score (nSPS) is 13.9. The highest BCUT2D eigenvalue weighted by Crippen LogP contribution is 2.45. The van der Waals surface area contributed by atoms with Gasteiger partial charge in [-0.25, -0.2) is 9.13 Å². The maximum absolute atomic E-state index is 13.1. The lowest BCUT2D eigenvalue weighted by Crippen LogP contribution is -2.30. The van der Waals surface area contributed by atoms with Crippen LogP contribution in [0, 0.1) is 17.8 Å². The van der Waals surface area contributed by atoms with Crippen molar-refractivity contribution in [2.45, 2.75) is 452 Å². The van der Waals surface area contributed by atoms with Crippen molar-refractivity contribution in [1.29, 1.82) is 0 Å². The van der Waals surface area contributed by atoms with Crippen LogP contribution < -0.4 is 0 Å². The van der Waals surface area contributed by atoms with Crippen molar-refractivity contribution in [3.05, 3.63) is 0 Å². The van der Waals surface area contributed by atoms with E-state index < -0.39 is 97.5 Å². The molecule has 0 heterocycles. The Balaban J connectivity index is 5.21. The van der Waals surface area contributed by atoms with Gasteiger partial charge in [-0.15, -0.1) is 0 Å². The molecular weight excluding hydrogens is 1330 g/mol. The molecule has 0 aliphatic carbocycles. The van der Waals surface area contributed by atoms with E-state index in [-0.39, 0.29) is 25.7 Å². The summed E-state index contributed by atoms with van der Waals surface area (Å²) < 4.78 is 68.7. The molecule has 3 N–H and O–H groups in total. The fourth-order valence-electron chi connectivity index (χ4n) is 12.8. The zero-order chi connectivity index (χ0) is 75.1. The molecule has 5 atom stereocenters. The SMILES string of the molecule is CCCCCCCCCCCCCCCCCCCCCCCC(=O)O[C@H](COC(=O)CCCCCCCCCCCCCCCCCC(C)C)COP(=O)(O)OC[C@@H](O)COP(=O)(O)OC[C@@H](COC(=O)CCCCCCCCC(C)C)OC(=O)CCCCCCCCCCCCCC(C)C. The van der Waals surface area contributed by atoms with Crippen LogP contribution in [0.15, 0.2) is 0 Å². The Bertz CT molecular complexity index is 1970. The lowest BCUT2D eigenvalue weighted by atomic mass is 10.0. The minimum Gasteiger partial charge on any atom is -0.462 e. The number of hydrogen-bond acceptors (Lipinski definition) is 15. The number of carbonyl (C=O) groups is 4. The van der Waals surface area contributed by atoms with Gasteiger partial charge in [-0.1, -0.05) is 382 Å². The Kier molecular flexibility index (Phi) is 71.8. The van der Waals surface area contributed by atoms with Gasteiger partial charge in [0.1, 0.15) is 19.3 Å². The summed E-state index contributed by atoms with van der Waals surface area (Å²) in [5, 5.41) is 10.6. The minimum absolute atomic E-state index is 0.105. The number of carbonyl (C=O) groups excluding carboxylic acids is 4. The van der Waals surface area contributed by atoms with Crippen molar-refractivity contribution in [2.75, 3.05) is 39.6 Å². The summed E-state index contributed by atoms with van der Waals surface area (Å²) in [5.41, 5.74) is 0. The molecule has 0 radical (unpaired) electrons. The van der Waals surface area contributed by atoms with Crippen LogP contribution in [-0.4, -0.2) is 96.7 Å². The number of aliphatic hydroxyl groups is 1. The summed E-state index contributed by atoms with van der Waals surface area (Å²) in [4.78, 5) is 73.0. The number of hydrogen-bond donors (Lipinski definition) is 3. The molecule has 0 bridgehead atoms. The average molecular weight is 1490 g/mol. The molecule has 102 heavy (non-hydrogen) atoms. The third-order valence-electron chi connectivity index (χ3n) is 19.4. The van der Waals surface area contributed by atoms with Crippen LogP contribution in [0.5, 0.6) is 0 Å². The maximum atomic E-state index is 13.1. The Morgan fingerprint density at radius 3 is 0.667 bits per heavy atom. The fraction of sp³-hybridized carbons (Fsp3) is 0.952. The Labute approximate surface area is 626 Å². The second kappa shape index (κ2) is 73.2. The lowest BCUT2D eigenvalue weighted by Gasteiger charge is -2.21. The summed E-state index contributed by atoms with van der Waals surface area (Å²) >= 11 is 0. The van der Waals surface area contributed by atoms with Crippen molar-refractivity contribution >= 4 is 39.5 Å². The van der Waals surface area contributed by atoms with Gasteiger partial charge in [0.05, 0.1) is 26.4 Å². The maximum Gasteiger partial charge on any atom is 0.472 e. The standard InChI is InChI=1S/C83H162O17P2/c1-8-9-10-11-12-13-14-15-16-17-18-19-20-21-24-28-33-38-43-52-59-66-82(87)99-78(70-93-80(85)64-57-50-42-37-32-27-25-22-23-26-30-35-40-47-54-61-74(2)3)72-97-101(89,90)95-68-77(84)69-96-102(91,92)98-73-79(71-94-81(86)65-58-51-46-45-49-56-63-76(6)7)100-83(88)67-60-53-44-39-34-29-31-36-41-48-55-62-75(4)5/h74-79,84H,8-73H2,1-7H3,(H,89,90)(H,91,92)/t77-,78-,79-/m1/s1. The Morgan fingerprint density at radius 2 is 0.451 bits per heavy atom. The Hall–Kier alpha value is -1.94. The molecule has 2 unspecified atom stereocenters. The second-order valence-electron chi connectivity index (χ2n) is 31.3. The molecule has 0 fully saturated rings. The first kappa shape index (κ1) is 100. The molecule has 19 heteroatoms. The first-order chi connectivity index (χ1) is 49.2. The van der Waals surface area contributed by atoms with E-state index in [4.69, 9.17) is 37.0 Å².